The fourth-order valence-corrected chi connectivity index (χ4v) is 3.56. The SMILES string of the molecule is Cc1ccccc1CN1CCN(Cc2cnn(-c3ccccc3)c2)CC1. The van der Waals surface area contributed by atoms with Crippen LogP contribution in [0.1, 0.15) is 16.7 Å². The Bertz CT molecular complexity index is 832. The van der Waals surface area contributed by atoms with Gasteiger partial charge in [-0.1, -0.05) is 42.5 Å². The van der Waals surface area contributed by atoms with Crippen LogP contribution < -0.4 is 0 Å². The molecule has 2 heterocycles. The molecule has 0 saturated carbocycles. The zero-order chi connectivity index (χ0) is 17.8. The number of aromatic nitrogens is 2. The van der Waals surface area contributed by atoms with E-state index < -0.39 is 0 Å². The maximum atomic E-state index is 4.51. The lowest BCUT2D eigenvalue weighted by molar-refractivity contribution is 0.122. The molecular weight excluding hydrogens is 320 g/mol. The highest BCUT2D eigenvalue weighted by Crippen LogP contribution is 2.14. The van der Waals surface area contributed by atoms with Crippen LogP contribution >= 0.6 is 0 Å². The Morgan fingerprint density at radius 2 is 1.46 bits per heavy atom. The third-order valence-corrected chi connectivity index (χ3v) is 5.18. The topological polar surface area (TPSA) is 24.3 Å². The Labute approximate surface area is 155 Å². The lowest BCUT2D eigenvalue weighted by atomic mass is 10.1. The molecule has 0 aliphatic carbocycles. The molecule has 1 aliphatic rings. The van der Waals surface area contributed by atoms with Gasteiger partial charge in [0.15, 0.2) is 0 Å². The van der Waals surface area contributed by atoms with Crippen molar-refractivity contribution in [2.75, 3.05) is 26.2 Å². The highest BCUT2D eigenvalue weighted by molar-refractivity contribution is 5.31. The van der Waals surface area contributed by atoms with Crippen LogP contribution in [0.4, 0.5) is 0 Å². The maximum Gasteiger partial charge on any atom is 0.0645 e. The average molecular weight is 346 g/mol. The van der Waals surface area contributed by atoms with Gasteiger partial charge in [0, 0.05) is 51.0 Å². The molecule has 0 amide bonds. The average Bonchev–Trinajstić information content (AvgIpc) is 3.14. The number of piperazine rings is 1. The Kier molecular flexibility index (Phi) is 5.14. The van der Waals surface area contributed by atoms with E-state index in [1.807, 2.05) is 29.1 Å². The molecule has 0 radical (unpaired) electrons. The van der Waals surface area contributed by atoms with Crippen molar-refractivity contribution in [3.63, 3.8) is 0 Å². The molecule has 0 unspecified atom stereocenters. The normalized spacial score (nSPS) is 16.0. The molecule has 1 aromatic heterocycles. The van der Waals surface area contributed by atoms with Gasteiger partial charge in [0.25, 0.3) is 0 Å². The third kappa shape index (κ3) is 4.03. The minimum absolute atomic E-state index is 0.977. The van der Waals surface area contributed by atoms with E-state index in [2.05, 4.69) is 64.4 Å². The van der Waals surface area contributed by atoms with Crippen molar-refractivity contribution in [3.8, 4) is 5.69 Å². The number of hydrogen-bond acceptors (Lipinski definition) is 3. The Morgan fingerprint density at radius 1 is 0.808 bits per heavy atom. The molecule has 2 aromatic carbocycles. The third-order valence-electron chi connectivity index (χ3n) is 5.18. The molecule has 0 atom stereocenters. The van der Waals surface area contributed by atoms with Crippen molar-refractivity contribution >= 4 is 0 Å². The first-order valence-corrected chi connectivity index (χ1v) is 9.36. The summed E-state index contributed by atoms with van der Waals surface area (Å²) in [5, 5.41) is 4.51. The lowest BCUT2D eigenvalue weighted by Crippen LogP contribution is -2.45. The number of benzene rings is 2. The Balaban J connectivity index is 1.30. The number of aryl methyl sites for hydroxylation is 1. The van der Waals surface area contributed by atoms with Crippen LogP contribution in [0.5, 0.6) is 0 Å². The van der Waals surface area contributed by atoms with Gasteiger partial charge in [-0.3, -0.25) is 9.80 Å². The molecular formula is C22H26N4. The summed E-state index contributed by atoms with van der Waals surface area (Å²) in [5.74, 6) is 0. The van der Waals surface area contributed by atoms with E-state index in [0.29, 0.717) is 0 Å². The first kappa shape index (κ1) is 17.0. The van der Waals surface area contributed by atoms with Crippen molar-refractivity contribution in [1.29, 1.82) is 0 Å². The molecule has 4 nitrogen and oxygen atoms in total. The quantitative estimate of drug-likeness (QED) is 0.707. The zero-order valence-corrected chi connectivity index (χ0v) is 15.4. The minimum atomic E-state index is 0.977. The van der Waals surface area contributed by atoms with Crippen molar-refractivity contribution < 1.29 is 0 Å². The van der Waals surface area contributed by atoms with E-state index in [1.54, 1.807) is 0 Å². The van der Waals surface area contributed by atoms with Gasteiger partial charge >= 0.3 is 0 Å². The molecule has 26 heavy (non-hydrogen) atoms. The van der Waals surface area contributed by atoms with Crippen LogP contribution in [0.15, 0.2) is 67.0 Å². The first-order valence-electron chi connectivity index (χ1n) is 9.36. The zero-order valence-electron chi connectivity index (χ0n) is 15.4. The monoisotopic (exact) mass is 346 g/mol. The van der Waals surface area contributed by atoms with Crippen LogP contribution in [-0.2, 0) is 13.1 Å². The smallest absolute Gasteiger partial charge is 0.0645 e. The summed E-state index contributed by atoms with van der Waals surface area (Å²) in [6, 6.07) is 19.0. The van der Waals surface area contributed by atoms with E-state index >= 15 is 0 Å². The molecule has 0 N–H and O–H groups in total. The van der Waals surface area contributed by atoms with Gasteiger partial charge in [-0.25, -0.2) is 4.68 Å². The lowest BCUT2D eigenvalue weighted by Gasteiger charge is -2.34. The van der Waals surface area contributed by atoms with Gasteiger partial charge in [0.1, 0.15) is 0 Å². The van der Waals surface area contributed by atoms with Crippen LogP contribution in [0.25, 0.3) is 5.69 Å². The number of para-hydroxylation sites is 1. The van der Waals surface area contributed by atoms with Gasteiger partial charge in [0.2, 0.25) is 0 Å². The Morgan fingerprint density at radius 3 is 2.19 bits per heavy atom. The van der Waals surface area contributed by atoms with Crippen LogP contribution in [0.3, 0.4) is 0 Å². The summed E-state index contributed by atoms with van der Waals surface area (Å²) in [6.45, 7) is 8.72. The van der Waals surface area contributed by atoms with Crippen LogP contribution in [0.2, 0.25) is 0 Å². The molecule has 1 aliphatic heterocycles. The van der Waals surface area contributed by atoms with E-state index in [4.69, 9.17) is 0 Å². The summed E-state index contributed by atoms with van der Waals surface area (Å²) in [7, 11) is 0. The second-order valence-electron chi connectivity index (χ2n) is 7.11. The van der Waals surface area contributed by atoms with Crippen molar-refractivity contribution in [2.24, 2.45) is 0 Å². The summed E-state index contributed by atoms with van der Waals surface area (Å²) < 4.78 is 1.96. The molecule has 4 rings (SSSR count). The molecule has 4 heteroatoms. The first-order chi connectivity index (χ1) is 12.8. The van der Waals surface area contributed by atoms with E-state index in [-0.39, 0.29) is 0 Å². The van der Waals surface area contributed by atoms with Gasteiger partial charge < -0.3 is 0 Å². The predicted molar refractivity (Wildman–Crippen MR) is 105 cm³/mol. The van der Waals surface area contributed by atoms with Gasteiger partial charge in [-0.2, -0.15) is 5.10 Å². The van der Waals surface area contributed by atoms with Gasteiger partial charge in [0.05, 0.1) is 11.9 Å². The molecule has 1 saturated heterocycles. The highest BCUT2D eigenvalue weighted by atomic mass is 15.3. The minimum Gasteiger partial charge on any atom is -0.297 e. The summed E-state index contributed by atoms with van der Waals surface area (Å²) in [6.07, 6.45) is 4.14. The van der Waals surface area contributed by atoms with Crippen LogP contribution in [-0.4, -0.2) is 45.8 Å². The summed E-state index contributed by atoms with van der Waals surface area (Å²) in [5.41, 5.74) is 5.23. The number of hydrogen-bond donors (Lipinski definition) is 0. The molecule has 0 bridgehead atoms. The van der Waals surface area contributed by atoms with Crippen molar-refractivity contribution in [3.05, 3.63) is 83.7 Å². The summed E-state index contributed by atoms with van der Waals surface area (Å²) in [4.78, 5) is 5.09. The fourth-order valence-electron chi connectivity index (χ4n) is 3.56. The Hall–Kier alpha value is -2.43. The molecule has 134 valence electrons. The van der Waals surface area contributed by atoms with E-state index in [9.17, 15) is 0 Å². The van der Waals surface area contributed by atoms with E-state index in [1.165, 1.54) is 16.7 Å². The van der Waals surface area contributed by atoms with Gasteiger partial charge in [-0.05, 0) is 30.2 Å². The number of rotatable bonds is 5. The number of nitrogens with zero attached hydrogens (tertiary/aromatic N) is 4. The van der Waals surface area contributed by atoms with Crippen molar-refractivity contribution in [2.45, 2.75) is 20.0 Å². The summed E-state index contributed by atoms with van der Waals surface area (Å²) >= 11 is 0. The highest BCUT2D eigenvalue weighted by Gasteiger charge is 2.18. The predicted octanol–water partition coefficient (Wildman–Crippen LogP) is 3.50. The van der Waals surface area contributed by atoms with Crippen molar-refractivity contribution in [1.82, 2.24) is 19.6 Å². The second kappa shape index (κ2) is 7.85. The molecule has 3 aromatic rings. The largest absolute Gasteiger partial charge is 0.297 e. The van der Waals surface area contributed by atoms with E-state index in [0.717, 1.165) is 45.0 Å². The molecule has 1 fully saturated rings. The standard InChI is InChI=1S/C22H26N4/c1-19-7-5-6-8-21(19)18-25-13-11-24(12-14-25)16-20-15-23-26(17-20)22-9-3-2-4-10-22/h2-10,15,17H,11-14,16,18H2,1H3. The van der Waals surface area contributed by atoms with Crippen LogP contribution in [0, 0.1) is 6.92 Å². The fraction of sp³-hybridized carbons (Fsp3) is 0.318. The van der Waals surface area contributed by atoms with Gasteiger partial charge in [-0.15, -0.1) is 0 Å². The molecule has 0 spiro atoms. The second-order valence-corrected chi connectivity index (χ2v) is 7.11. The maximum absolute atomic E-state index is 4.51.